The molecule has 9 heteroatoms. The number of H-pyrrole nitrogens is 1. The number of benzene rings is 1. The van der Waals surface area contributed by atoms with E-state index in [1.54, 1.807) is 6.07 Å². The van der Waals surface area contributed by atoms with Gasteiger partial charge in [-0.3, -0.25) is 9.94 Å². The summed E-state index contributed by atoms with van der Waals surface area (Å²) in [5, 5.41) is 7.33. The summed E-state index contributed by atoms with van der Waals surface area (Å²) < 4.78 is 40.9. The van der Waals surface area contributed by atoms with Crippen LogP contribution in [0.1, 0.15) is 37.3 Å². The Hall–Kier alpha value is -1.81. The zero-order chi connectivity index (χ0) is 18.7. The molecule has 0 aliphatic heterocycles. The van der Waals surface area contributed by atoms with Crippen molar-refractivity contribution in [3.05, 3.63) is 41.8 Å². The highest BCUT2D eigenvalue weighted by atomic mass is 32.2. The van der Waals surface area contributed by atoms with Gasteiger partial charge in [0.25, 0.3) is 0 Å². The van der Waals surface area contributed by atoms with Gasteiger partial charge in [-0.15, -0.1) is 0 Å². The second-order valence-electron chi connectivity index (χ2n) is 6.48. The van der Waals surface area contributed by atoms with Crippen LogP contribution >= 0.6 is 0 Å². The van der Waals surface area contributed by atoms with Crippen LogP contribution in [-0.2, 0) is 15.0 Å². The van der Waals surface area contributed by atoms with Gasteiger partial charge in [0.15, 0.2) is 0 Å². The van der Waals surface area contributed by atoms with Crippen LogP contribution in [0.3, 0.4) is 0 Å². The highest BCUT2D eigenvalue weighted by Crippen LogP contribution is 2.33. The maximum absolute atomic E-state index is 13.4. The summed E-state index contributed by atoms with van der Waals surface area (Å²) in [5.74, 6) is -0.00779. The summed E-state index contributed by atoms with van der Waals surface area (Å²) in [6, 6.07) is 8.18. The molecule has 7 nitrogen and oxygen atoms in total. The first-order valence-electron chi connectivity index (χ1n) is 8.50. The number of hydrogen-bond donors (Lipinski definition) is 2. The van der Waals surface area contributed by atoms with E-state index in [1.165, 1.54) is 26.3 Å². The highest BCUT2D eigenvalue weighted by molar-refractivity contribution is 7.87. The topological polar surface area (TPSA) is 87.3 Å². The van der Waals surface area contributed by atoms with E-state index in [-0.39, 0.29) is 17.8 Å². The lowest BCUT2D eigenvalue weighted by Crippen LogP contribution is -2.44. The lowest BCUT2D eigenvalue weighted by molar-refractivity contribution is -0.0276. The molecule has 0 atom stereocenters. The molecule has 1 aromatic heterocycles. The Balaban J connectivity index is 1.61. The third-order valence-electron chi connectivity index (χ3n) is 4.80. The van der Waals surface area contributed by atoms with Gasteiger partial charge in [-0.2, -0.15) is 18.2 Å². The molecule has 1 aliphatic carbocycles. The molecule has 0 spiro atoms. The molecule has 1 aromatic carbocycles. The maximum atomic E-state index is 13.4. The van der Waals surface area contributed by atoms with E-state index in [1.807, 2.05) is 12.1 Å². The minimum atomic E-state index is -3.62. The molecule has 1 saturated carbocycles. The van der Waals surface area contributed by atoms with E-state index in [0.29, 0.717) is 5.69 Å². The first-order chi connectivity index (χ1) is 12.4. The number of hydrogen-bond acceptors (Lipinski definition) is 4. The summed E-state index contributed by atoms with van der Waals surface area (Å²) in [6.07, 6.45) is 3.15. The Bertz CT molecular complexity index is 847. The first kappa shape index (κ1) is 19.0. The largest absolute Gasteiger partial charge is 0.301 e. The number of hydroxylamine groups is 1. The molecular formula is C17H23FN4O3S. The molecule has 1 aliphatic rings. The predicted molar refractivity (Wildman–Crippen MR) is 95.8 cm³/mol. The Kier molecular flexibility index (Phi) is 5.71. The molecule has 0 amide bonds. The van der Waals surface area contributed by atoms with Crippen LogP contribution < -0.4 is 4.72 Å². The SMILES string of the molecule is CON(C)S(=O)(=O)NC1CCC(c2cc(-c3cccc(F)c3)n[nH]2)CC1. The van der Waals surface area contributed by atoms with Gasteiger partial charge in [0.05, 0.1) is 12.8 Å². The van der Waals surface area contributed by atoms with Gasteiger partial charge < -0.3 is 0 Å². The summed E-state index contributed by atoms with van der Waals surface area (Å²) in [4.78, 5) is 4.74. The molecule has 3 rings (SSSR count). The van der Waals surface area contributed by atoms with Crippen molar-refractivity contribution in [2.24, 2.45) is 0 Å². The van der Waals surface area contributed by atoms with Crippen molar-refractivity contribution >= 4 is 10.2 Å². The van der Waals surface area contributed by atoms with Crippen LogP contribution in [-0.4, -0.2) is 43.3 Å². The normalized spacial score (nSPS) is 21.2. The zero-order valence-electron chi connectivity index (χ0n) is 14.8. The molecule has 1 fully saturated rings. The molecule has 2 aromatic rings. The lowest BCUT2D eigenvalue weighted by atomic mass is 9.84. The third-order valence-corrected chi connectivity index (χ3v) is 6.25. The number of nitrogens with zero attached hydrogens (tertiary/aromatic N) is 2. The summed E-state index contributed by atoms with van der Waals surface area (Å²) in [7, 11) is -0.959. The van der Waals surface area contributed by atoms with E-state index < -0.39 is 10.2 Å². The van der Waals surface area contributed by atoms with Gasteiger partial charge in [-0.25, -0.2) is 4.39 Å². The van der Waals surface area contributed by atoms with Gasteiger partial charge in [-0.1, -0.05) is 16.6 Å². The van der Waals surface area contributed by atoms with Crippen molar-refractivity contribution in [3.8, 4) is 11.3 Å². The Morgan fingerprint density at radius 2 is 2.00 bits per heavy atom. The fraction of sp³-hybridized carbons (Fsp3) is 0.471. The van der Waals surface area contributed by atoms with Crippen molar-refractivity contribution < 1.29 is 17.6 Å². The number of halogens is 1. The van der Waals surface area contributed by atoms with Gasteiger partial charge in [-0.05, 0) is 43.9 Å². The van der Waals surface area contributed by atoms with Gasteiger partial charge in [0.1, 0.15) is 5.82 Å². The summed E-state index contributed by atoms with van der Waals surface area (Å²) in [5.41, 5.74) is 2.44. The maximum Gasteiger partial charge on any atom is 0.301 e. The summed E-state index contributed by atoms with van der Waals surface area (Å²) in [6.45, 7) is 0. The van der Waals surface area contributed by atoms with E-state index in [9.17, 15) is 12.8 Å². The van der Waals surface area contributed by atoms with Gasteiger partial charge in [0, 0.05) is 30.3 Å². The van der Waals surface area contributed by atoms with E-state index in [2.05, 4.69) is 14.9 Å². The highest BCUT2D eigenvalue weighted by Gasteiger charge is 2.28. The molecule has 0 unspecified atom stereocenters. The average molecular weight is 382 g/mol. The number of aromatic nitrogens is 2. The molecule has 1 heterocycles. The zero-order valence-corrected chi connectivity index (χ0v) is 15.6. The fourth-order valence-corrected chi connectivity index (χ4v) is 4.25. The molecule has 0 saturated heterocycles. The predicted octanol–water partition coefficient (Wildman–Crippen LogP) is 2.57. The van der Waals surface area contributed by atoms with Crippen LogP contribution in [0.15, 0.2) is 30.3 Å². The monoisotopic (exact) mass is 382 g/mol. The first-order valence-corrected chi connectivity index (χ1v) is 9.94. The second-order valence-corrected chi connectivity index (χ2v) is 8.18. The number of aromatic amines is 1. The minimum Gasteiger partial charge on any atom is -0.287 e. The molecular weight excluding hydrogens is 359 g/mol. The molecule has 142 valence electrons. The quantitative estimate of drug-likeness (QED) is 0.752. The number of nitrogens with one attached hydrogen (secondary N) is 2. The average Bonchev–Trinajstić information content (AvgIpc) is 3.11. The van der Waals surface area contributed by atoms with Crippen molar-refractivity contribution in [2.75, 3.05) is 14.2 Å². The second kappa shape index (κ2) is 7.83. The van der Waals surface area contributed by atoms with Crippen LogP contribution in [0.2, 0.25) is 0 Å². The lowest BCUT2D eigenvalue weighted by Gasteiger charge is -2.29. The van der Waals surface area contributed by atoms with Crippen molar-refractivity contribution in [1.29, 1.82) is 0 Å². The summed E-state index contributed by atoms with van der Waals surface area (Å²) >= 11 is 0. The van der Waals surface area contributed by atoms with Crippen LogP contribution in [0.25, 0.3) is 11.3 Å². The van der Waals surface area contributed by atoms with Gasteiger partial charge >= 0.3 is 10.2 Å². The van der Waals surface area contributed by atoms with Crippen molar-refractivity contribution in [1.82, 2.24) is 19.4 Å². The Morgan fingerprint density at radius 3 is 2.65 bits per heavy atom. The van der Waals surface area contributed by atoms with Crippen molar-refractivity contribution in [3.63, 3.8) is 0 Å². The van der Waals surface area contributed by atoms with Gasteiger partial charge in [0.2, 0.25) is 0 Å². The molecule has 2 N–H and O–H groups in total. The van der Waals surface area contributed by atoms with Crippen LogP contribution in [0.5, 0.6) is 0 Å². The molecule has 26 heavy (non-hydrogen) atoms. The third kappa shape index (κ3) is 4.29. The molecule has 0 bridgehead atoms. The van der Waals surface area contributed by atoms with E-state index in [0.717, 1.165) is 41.4 Å². The fourth-order valence-electron chi connectivity index (χ4n) is 3.25. The standard InChI is InChI=1S/C17H23FN4O3S/c1-22(25-2)26(23,24)21-15-8-6-12(7-9-15)16-11-17(20-19-16)13-4-3-5-14(18)10-13/h3-5,10-12,15,21H,6-9H2,1-2H3,(H,19,20). The Labute approximate surface area is 152 Å². The number of rotatable bonds is 6. The van der Waals surface area contributed by atoms with E-state index >= 15 is 0 Å². The Morgan fingerprint density at radius 1 is 1.27 bits per heavy atom. The van der Waals surface area contributed by atoms with E-state index in [4.69, 9.17) is 4.84 Å². The van der Waals surface area contributed by atoms with Crippen molar-refractivity contribution in [2.45, 2.75) is 37.6 Å². The van der Waals surface area contributed by atoms with Crippen LogP contribution in [0.4, 0.5) is 4.39 Å². The minimum absolute atomic E-state index is 0.112. The van der Waals surface area contributed by atoms with Crippen LogP contribution in [0, 0.1) is 5.82 Å². The smallest absolute Gasteiger partial charge is 0.287 e. The molecule has 0 radical (unpaired) electrons.